The number of amides is 1. The van der Waals surface area contributed by atoms with Crippen LogP contribution in [0.5, 0.6) is 0 Å². The van der Waals surface area contributed by atoms with Gasteiger partial charge in [0, 0.05) is 25.4 Å². The van der Waals surface area contributed by atoms with Crippen LogP contribution in [0, 0.1) is 24.7 Å². The van der Waals surface area contributed by atoms with Crippen molar-refractivity contribution in [3.05, 3.63) is 51.3 Å². The summed E-state index contributed by atoms with van der Waals surface area (Å²) in [5.74, 6) is 0.537. The molecule has 1 aliphatic heterocycles. The van der Waals surface area contributed by atoms with Crippen molar-refractivity contribution >= 4 is 28.2 Å². The van der Waals surface area contributed by atoms with Gasteiger partial charge in [0.2, 0.25) is 5.91 Å². The van der Waals surface area contributed by atoms with Gasteiger partial charge >= 0.3 is 5.97 Å². The Kier molecular flexibility index (Phi) is 7.45. The van der Waals surface area contributed by atoms with Crippen LogP contribution in [0.15, 0.2) is 34.6 Å². The van der Waals surface area contributed by atoms with Crippen LogP contribution in [0.4, 0.5) is 5.00 Å². The molecule has 4 rings (SSSR count). The van der Waals surface area contributed by atoms with Crippen LogP contribution in [0.25, 0.3) is 0 Å². The van der Waals surface area contributed by atoms with Crippen LogP contribution in [-0.4, -0.2) is 34.6 Å². The number of nitrogens with zero attached hydrogens (tertiary/aromatic N) is 2. The lowest BCUT2D eigenvalue weighted by Crippen LogP contribution is -2.40. The average Bonchev–Trinajstić information content (AvgIpc) is 3.29. The highest BCUT2D eigenvalue weighted by Gasteiger charge is 2.36. The number of carbonyl (C=O) groups excluding carboxylic acids is 1. The SMILES string of the molecule is Cc1ccn([C@@H](CC(C)C)C(=O)N[C@@H](CC(=O)O)c2csc(N3CC[C@H](C4CC4)C3)c2)c(=O)c1. The van der Waals surface area contributed by atoms with Crippen molar-refractivity contribution in [1.82, 2.24) is 9.88 Å². The molecule has 184 valence electrons. The van der Waals surface area contributed by atoms with Crippen molar-refractivity contribution in [2.75, 3.05) is 18.0 Å². The third kappa shape index (κ3) is 5.90. The number of rotatable bonds is 10. The molecular formula is C26H35N3O4S. The minimum Gasteiger partial charge on any atom is -0.481 e. The number of aryl methyl sites for hydroxylation is 1. The van der Waals surface area contributed by atoms with Crippen molar-refractivity contribution < 1.29 is 14.7 Å². The zero-order valence-electron chi connectivity index (χ0n) is 20.2. The minimum atomic E-state index is -0.971. The number of carboxylic acids is 1. The quantitative estimate of drug-likeness (QED) is 0.521. The van der Waals surface area contributed by atoms with Crippen LogP contribution in [0.2, 0.25) is 0 Å². The standard InChI is InChI=1S/C26H35N3O4S/c1-16(2)10-22(29-9-6-17(3)11-23(29)30)26(33)27-21(13-25(31)32)20-12-24(34-15-20)28-8-7-19(14-28)18-4-5-18/h6,9,11-12,15-16,18-19,21-22H,4-5,7-8,10,13-14H2,1-3H3,(H,27,33)(H,31,32)/t19-,21-,22-/m0/s1. The fourth-order valence-electron chi connectivity index (χ4n) is 4.96. The lowest BCUT2D eigenvalue weighted by atomic mass is 10.0. The lowest BCUT2D eigenvalue weighted by molar-refractivity contribution is -0.138. The summed E-state index contributed by atoms with van der Waals surface area (Å²) in [6.45, 7) is 7.94. The summed E-state index contributed by atoms with van der Waals surface area (Å²) in [5, 5.41) is 15.6. The second kappa shape index (κ2) is 10.3. The largest absolute Gasteiger partial charge is 0.481 e. The highest BCUT2D eigenvalue weighted by Crippen LogP contribution is 2.43. The summed E-state index contributed by atoms with van der Waals surface area (Å²) in [4.78, 5) is 40.1. The predicted octanol–water partition coefficient (Wildman–Crippen LogP) is 4.37. The molecule has 2 fully saturated rings. The van der Waals surface area contributed by atoms with Crippen molar-refractivity contribution in [2.45, 2.75) is 65.0 Å². The van der Waals surface area contributed by atoms with E-state index in [2.05, 4.69) is 10.2 Å². The van der Waals surface area contributed by atoms with Gasteiger partial charge in [-0.3, -0.25) is 14.4 Å². The molecule has 1 amide bonds. The highest BCUT2D eigenvalue weighted by atomic mass is 32.1. The predicted molar refractivity (Wildman–Crippen MR) is 134 cm³/mol. The molecule has 2 aliphatic rings. The Hall–Kier alpha value is -2.61. The smallest absolute Gasteiger partial charge is 0.305 e. The second-order valence-corrected chi connectivity index (χ2v) is 11.2. The van der Waals surface area contributed by atoms with E-state index >= 15 is 0 Å². The number of thiophene rings is 1. The van der Waals surface area contributed by atoms with Gasteiger partial charge < -0.3 is 19.9 Å². The Balaban J connectivity index is 1.52. The van der Waals surface area contributed by atoms with Crippen LogP contribution < -0.4 is 15.8 Å². The highest BCUT2D eigenvalue weighted by molar-refractivity contribution is 7.14. The molecule has 2 N–H and O–H groups in total. The minimum absolute atomic E-state index is 0.184. The Morgan fingerprint density at radius 3 is 2.62 bits per heavy atom. The molecule has 1 saturated carbocycles. The molecule has 0 bridgehead atoms. The van der Waals surface area contributed by atoms with E-state index in [1.165, 1.54) is 29.9 Å². The molecule has 0 unspecified atom stereocenters. The molecule has 1 saturated heterocycles. The zero-order chi connectivity index (χ0) is 24.4. The second-order valence-electron chi connectivity index (χ2n) is 10.3. The maximum Gasteiger partial charge on any atom is 0.305 e. The molecule has 0 radical (unpaired) electrons. The van der Waals surface area contributed by atoms with Gasteiger partial charge in [0.05, 0.1) is 17.5 Å². The molecule has 34 heavy (non-hydrogen) atoms. The topological polar surface area (TPSA) is 91.6 Å². The number of aromatic nitrogens is 1. The fourth-order valence-corrected chi connectivity index (χ4v) is 5.97. The van der Waals surface area contributed by atoms with Gasteiger partial charge in [0.1, 0.15) is 6.04 Å². The van der Waals surface area contributed by atoms with E-state index in [4.69, 9.17) is 0 Å². The average molecular weight is 486 g/mol. The maximum atomic E-state index is 13.4. The number of anilines is 1. The third-order valence-corrected chi connectivity index (χ3v) is 7.97. The van der Waals surface area contributed by atoms with Gasteiger partial charge in [-0.15, -0.1) is 11.3 Å². The van der Waals surface area contributed by atoms with Crippen LogP contribution in [0.3, 0.4) is 0 Å². The molecule has 7 nitrogen and oxygen atoms in total. The van der Waals surface area contributed by atoms with Crippen molar-refractivity contribution in [3.8, 4) is 0 Å². The molecule has 0 aromatic carbocycles. The first-order valence-electron chi connectivity index (χ1n) is 12.3. The summed E-state index contributed by atoms with van der Waals surface area (Å²) < 4.78 is 1.46. The van der Waals surface area contributed by atoms with E-state index in [1.807, 2.05) is 38.3 Å². The summed E-state index contributed by atoms with van der Waals surface area (Å²) in [7, 11) is 0. The number of aliphatic carboxylic acids is 1. The van der Waals surface area contributed by atoms with E-state index in [9.17, 15) is 19.5 Å². The Bertz CT molecular complexity index is 1090. The fraction of sp³-hybridized carbons (Fsp3) is 0.577. The molecule has 0 spiro atoms. The first kappa shape index (κ1) is 24.5. The first-order chi connectivity index (χ1) is 16.2. The third-order valence-electron chi connectivity index (χ3n) is 6.97. The number of hydrogen-bond donors (Lipinski definition) is 2. The van der Waals surface area contributed by atoms with Gasteiger partial charge in [0.25, 0.3) is 5.56 Å². The number of carbonyl (C=O) groups is 2. The monoisotopic (exact) mass is 485 g/mol. The number of hydrogen-bond acceptors (Lipinski definition) is 5. The van der Waals surface area contributed by atoms with Gasteiger partial charge in [-0.2, -0.15) is 0 Å². The molecule has 2 aromatic rings. The van der Waals surface area contributed by atoms with Gasteiger partial charge in [-0.05, 0) is 79.0 Å². The summed E-state index contributed by atoms with van der Waals surface area (Å²) in [5.41, 5.74) is 1.42. The van der Waals surface area contributed by atoms with E-state index < -0.39 is 18.1 Å². The van der Waals surface area contributed by atoms with Gasteiger partial charge in [0.15, 0.2) is 0 Å². The molecule has 3 heterocycles. The van der Waals surface area contributed by atoms with Crippen LogP contribution in [-0.2, 0) is 9.59 Å². The lowest BCUT2D eigenvalue weighted by Gasteiger charge is -2.24. The molecule has 1 aliphatic carbocycles. The Morgan fingerprint density at radius 2 is 1.97 bits per heavy atom. The van der Waals surface area contributed by atoms with Crippen molar-refractivity contribution in [3.63, 3.8) is 0 Å². The van der Waals surface area contributed by atoms with E-state index in [-0.39, 0.29) is 23.8 Å². The number of carboxylic acid groups (broad SMARTS) is 1. The molecular weight excluding hydrogens is 450 g/mol. The Morgan fingerprint density at radius 1 is 1.21 bits per heavy atom. The van der Waals surface area contributed by atoms with E-state index in [0.717, 1.165) is 41.1 Å². The van der Waals surface area contributed by atoms with E-state index in [0.29, 0.717) is 6.42 Å². The zero-order valence-corrected chi connectivity index (χ0v) is 21.0. The number of pyridine rings is 1. The summed E-state index contributed by atoms with van der Waals surface area (Å²) >= 11 is 1.61. The number of nitrogens with one attached hydrogen (secondary N) is 1. The summed E-state index contributed by atoms with van der Waals surface area (Å²) in [6.07, 6.45) is 5.85. The van der Waals surface area contributed by atoms with Gasteiger partial charge in [-0.25, -0.2) is 0 Å². The molecule has 2 aromatic heterocycles. The van der Waals surface area contributed by atoms with Crippen LogP contribution >= 0.6 is 11.3 Å². The van der Waals surface area contributed by atoms with Gasteiger partial charge in [-0.1, -0.05) is 13.8 Å². The van der Waals surface area contributed by atoms with E-state index in [1.54, 1.807) is 17.5 Å². The summed E-state index contributed by atoms with van der Waals surface area (Å²) in [6, 6.07) is 4.02. The molecule has 8 heteroatoms. The van der Waals surface area contributed by atoms with Crippen molar-refractivity contribution in [2.24, 2.45) is 17.8 Å². The van der Waals surface area contributed by atoms with Crippen molar-refractivity contribution in [1.29, 1.82) is 0 Å². The first-order valence-corrected chi connectivity index (χ1v) is 13.1. The maximum absolute atomic E-state index is 13.4. The Labute approximate surface area is 204 Å². The molecule has 3 atom stereocenters. The van der Waals surface area contributed by atoms with Crippen LogP contribution in [0.1, 0.15) is 69.2 Å². The normalized spacial score (nSPS) is 19.9.